The first-order chi connectivity index (χ1) is 10.8. The molecule has 0 fully saturated rings. The maximum absolute atomic E-state index is 12.4. The third kappa shape index (κ3) is 5.46. The van der Waals surface area contributed by atoms with Gasteiger partial charge in [-0.25, -0.2) is 13.1 Å². The van der Waals surface area contributed by atoms with Gasteiger partial charge in [0.1, 0.15) is 0 Å². The van der Waals surface area contributed by atoms with Gasteiger partial charge in [0.15, 0.2) is 0 Å². The van der Waals surface area contributed by atoms with Crippen LogP contribution in [0.5, 0.6) is 0 Å². The van der Waals surface area contributed by atoms with E-state index in [0.29, 0.717) is 6.54 Å². The average molecular weight is 332 g/mol. The summed E-state index contributed by atoms with van der Waals surface area (Å²) in [4.78, 5) is 0.280. The number of nitrogens with one attached hydrogen (secondary N) is 2. The number of rotatable bonds is 6. The van der Waals surface area contributed by atoms with Crippen LogP contribution in [0.1, 0.15) is 32.4 Å². The largest absolute Gasteiger partial charge is 0.304 e. The van der Waals surface area contributed by atoms with Crippen molar-refractivity contribution in [3.63, 3.8) is 0 Å². The molecule has 0 bridgehead atoms. The fourth-order valence-electron chi connectivity index (χ4n) is 2.34. The van der Waals surface area contributed by atoms with Gasteiger partial charge in [0.25, 0.3) is 0 Å². The van der Waals surface area contributed by atoms with E-state index in [-0.39, 0.29) is 16.5 Å². The van der Waals surface area contributed by atoms with Crippen LogP contribution in [0.4, 0.5) is 0 Å². The molecule has 5 heteroatoms. The fraction of sp³-hybridized carbons (Fsp3) is 0.333. The highest BCUT2D eigenvalue weighted by Gasteiger charge is 2.21. The summed E-state index contributed by atoms with van der Waals surface area (Å²) < 4.78 is 27.5. The fourth-order valence-corrected chi connectivity index (χ4v) is 3.40. The Labute approximate surface area is 139 Å². The van der Waals surface area contributed by atoms with E-state index in [1.807, 2.05) is 30.3 Å². The highest BCUT2D eigenvalue weighted by atomic mass is 32.2. The van der Waals surface area contributed by atoms with Crippen LogP contribution in [0.25, 0.3) is 0 Å². The lowest BCUT2D eigenvalue weighted by molar-refractivity contribution is 0.361. The van der Waals surface area contributed by atoms with Gasteiger partial charge < -0.3 is 5.32 Å². The first-order valence-corrected chi connectivity index (χ1v) is 9.14. The Bertz CT molecular complexity index is 708. The molecular formula is C18H24N2O2S. The van der Waals surface area contributed by atoms with E-state index < -0.39 is 10.0 Å². The van der Waals surface area contributed by atoms with E-state index in [9.17, 15) is 8.42 Å². The van der Waals surface area contributed by atoms with Crippen LogP contribution >= 0.6 is 0 Å². The maximum atomic E-state index is 12.4. The summed E-state index contributed by atoms with van der Waals surface area (Å²) in [5.41, 5.74) is 0.928. The number of hydrogen-bond acceptors (Lipinski definition) is 3. The van der Waals surface area contributed by atoms with E-state index >= 15 is 0 Å². The van der Waals surface area contributed by atoms with Crippen LogP contribution in [0.3, 0.4) is 0 Å². The molecule has 0 saturated heterocycles. The van der Waals surface area contributed by atoms with Crippen LogP contribution in [-0.2, 0) is 10.0 Å². The summed E-state index contributed by atoms with van der Waals surface area (Å²) in [7, 11) is -3.51. The Morgan fingerprint density at radius 1 is 0.913 bits per heavy atom. The van der Waals surface area contributed by atoms with Crippen molar-refractivity contribution < 1.29 is 8.42 Å². The molecule has 0 radical (unpaired) electrons. The molecule has 2 rings (SSSR count). The third-order valence-electron chi connectivity index (χ3n) is 3.34. The van der Waals surface area contributed by atoms with Gasteiger partial charge in [0, 0.05) is 18.1 Å². The second kappa shape index (κ2) is 7.25. The Kier molecular flexibility index (Phi) is 5.57. The highest BCUT2D eigenvalue weighted by molar-refractivity contribution is 7.89. The van der Waals surface area contributed by atoms with Gasteiger partial charge in [-0.1, -0.05) is 48.5 Å². The zero-order valence-corrected chi connectivity index (χ0v) is 14.6. The molecule has 0 aliphatic heterocycles. The van der Waals surface area contributed by atoms with Crippen molar-refractivity contribution in [2.24, 2.45) is 0 Å². The molecule has 2 N–H and O–H groups in total. The van der Waals surface area contributed by atoms with Crippen molar-refractivity contribution in [2.45, 2.75) is 37.2 Å². The number of benzene rings is 2. The molecule has 0 heterocycles. The minimum atomic E-state index is -3.51. The summed E-state index contributed by atoms with van der Waals surface area (Å²) >= 11 is 0. The van der Waals surface area contributed by atoms with E-state index in [0.717, 1.165) is 5.56 Å². The minimum Gasteiger partial charge on any atom is -0.304 e. The van der Waals surface area contributed by atoms with E-state index in [2.05, 4.69) is 30.8 Å². The molecule has 4 nitrogen and oxygen atoms in total. The molecule has 1 atom stereocenters. The van der Waals surface area contributed by atoms with Crippen molar-refractivity contribution in [1.82, 2.24) is 10.0 Å². The molecule has 2 aromatic carbocycles. The van der Waals surface area contributed by atoms with Crippen LogP contribution in [-0.4, -0.2) is 20.5 Å². The topological polar surface area (TPSA) is 58.2 Å². The van der Waals surface area contributed by atoms with E-state index in [1.54, 1.807) is 30.3 Å². The van der Waals surface area contributed by atoms with Crippen LogP contribution < -0.4 is 10.0 Å². The molecule has 23 heavy (non-hydrogen) atoms. The minimum absolute atomic E-state index is 0.102. The zero-order chi connectivity index (χ0) is 16.9. The van der Waals surface area contributed by atoms with Gasteiger partial charge in [-0.15, -0.1) is 0 Å². The summed E-state index contributed by atoms with van der Waals surface area (Å²) in [6.07, 6.45) is 0. The van der Waals surface area contributed by atoms with Crippen molar-refractivity contribution in [3.05, 3.63) is 66.2 Å². The zero-order valence-electron chi connectivity index (χ0n) is 13.8. The lowest BCUT2D eigenvalue weighted by Gasteiger charge is -2.29. The van der Waals surface area contributed by atoms with Crippen LogP contribution in [0, 0.1) is 0 Å². The third-order valence-corrected chi connectivity index (χ3v) is 4.78. The Morgan fingerprint density at radius 3 is 1.96 bits per heavy atom. The molecule has 1 unspecified atom stereocenters. The predicted octanol–water partition coefficient (Wildman–Crippen LogP) is 3.09. The Morgan fingerprint density at radius 2 is 1.43 bits per heavy atom. The van der Waals surface area contributed by atoms with Crippen LogP contribution in [0.2, 0.25) is 0 Å². The van der Waals surface area contributed by atoms with Gasteiger partial charge in [-0.05, 0) is 38.5 Å². The lowest BCUT2D eigenvalue weighted by Crippen LogP contribution is -2.43. The molecule has 0 aliphatic rings. The van der Waals surface area contributed by atoms with Crippen molar-refractivity contribution in [1.29, 1.82) is 0 Å². The predicted molar refractivity (Wildman–Crippen MR) is 93.7 cm³/mol. The standard InChI is InChI=1S/C18H24N2O2S/c1-18(2,3)20-17(15-10-6-4-7-11-15)14-19-23(21,22)16-12-8-5-9-13-16/h4-13,17,19-20H,14H2,1-3H3. The second-order valence-corrected chi connectivity index (χ2v) is 8.29. The van der Waals surface area contributed by atoms with Gasteiger partial charge in [-0.3, -0.25) is 0 Å². The first-order valence-electron chi connectivity index (χ1n) is 7.65. The Balaban J connectivity index is 2.16. The number of hydrogen-bond donors (Lipinski definition) is 2. The summed E-state index contributed by atoms with van der Waals surface area (Å²) in [5, 5.41) is 3.47. The monoisotopic (exact) mass is 332 g/mol. The number of sulfonamides is 1. The molecule has 0 aromatic heterocycles. The van der Waals surface area contributed by atoms with Gasteiger partial charge in [0.05, 0.1) is 4.90 Å². The molecule has 0 saturated carbocycles. The Hall–Kier alpha value is -1.69. The van der Waals surface area contributed by atoms with Crippen molar-refractivity contribution in [2.75, 3.05) is 6.54 Å². The summed E-state index contributed by atoms with van der Waals surface area (Å²) in [6, 6.07) is 18.2. The van der Waals surface area contributed by atoms with Crippen LogP contribution in [0.15, 0.2) is 65.6 Å². The normalized spacial score (nSPS) is 13.7. The van der Waals surface area contributed by atoms with Gasteiger partial charge >= 0.3 is 0 Å². The quantitative estimate of drug-likeness (QED) is 0.854. The maximum Gasteiger partial charge on any atom is 0.240 e. The molecule has 124 valence electrons. The van der Waals surface area contributed by atoms with Crippen molar-refractivity contribution >= 4 is 10.0 Å². The lowest BCUT2D eigenvalue weighted by atomic mass is 10.0. The SMILES string of the molecule is CC(C)(C)NC(CNS(=O)(=O)c1ccccc1)c1ccccc1. The molecule has 0 spiro atoms. The molecular weight excluding hydrogens is 308 g/mol. The molecule has 2 aromatic rings. The smallest absolute Gasteiger partial charge is 0.240 e. The van der Waals surface area contributed by atoms with E-state index in [1.165, 1.54) is 0 Å². The summed E-state index contributed by atoms with van der Waals surface area (Å²) in [6.45, 7) is 6.48. The molecule has 0 aliphatic carbocycles. The average Bonchev–Trinajstić information content (AvgIpc) is 2.52. The first kappa shape index (κ1) is 17.7. The van der Waals surface area contributed by atoms with Gasteiger partial charge in [0.2, 0.25) is 10.0 Å². The van der Waals surface area contributed by atoms with Gasteiger partial charge in [-0.2, -0.15) is 0 Å². The summed E-state index contributed by atoms with van der Waals surface area (Å²) in [5.74, 6) is 0. The second-order valence-electron chi connectivity index (χ2n) is 6.52. The highest BCUT2D eigenvalue weighted by Crippen LogP contribution is 2.17. The van der Waals surface area contributed by atoms with Crippen molar-refractivity contribution in [3.8, 4) is 0 Å². The van der Waals surface area contributed by atoms with E-state index in [4.69, 9.17) is 0 Å². The molecule has 0 amide bonds.